The second-order valence-electron chi connectivity index (χ2n) is 8.47. The molecule has 0 saturated heterocycles. The number of anilines is 1. The van der Waals surface area contributed by atoms with Crippen molar-refractivity contribution in [1.29, 1.82) is 0 Å². The third-order valence-electron chi connectivity index (χ3n) is 6.29. The normalized spacial score (nSPS) is 11.9. The van der Waals surface area contributed by atoms with Gasteiger partial charge in [-0.05, 0) is 0 Å². The van der Waals surface area contributed by atoms with Crippen LogP contribution in [0, 0.1) is 0 Å². The topological polar surface area (TPSA) is 51.0 Å². The van der Waals surface area contributed by atoms with E-state index in [-0.39, 0.29) is 0 Å². The summed E-state index contributed by atoms with van der Waals surface area (Å²) in [7, 11) is 1.87. The van der Waals surface area contributed by atoms with Crippen LogP contribution in [0.25, 0.3) is 22.6 Å². The summed E-state index contributed by atoms with van der Waals surface area (Å²) in [4.78, 5) is 9.26. The number of oxazole rings is 1. The van der Waals surface area contributed by atoms with E-state index in [9.17, 15) is 0 Å². The number of nitrogens with zero attached hydrogens (tertiary/aromatic N) is 2. The molecule has 0 radical (unpaired) electrons. The van der Waals surface area contributed by atoms with Crippen molar-refractivity contribution in [2.24, 2.45) is 0 Å². The van der Waals surface area contributed by atoms with Crippen LogP contribution in [0.1, 0.15) is 59.3 Å². The van der Waals surface area contributed by atoms with Crippen LogP contribution in [-0.4, -0.2) is 35.4 Å². The van der Waals surface area contributed by atoms with Crippen LogP contribution in [0.2, 0.25) is 13.3 Å². The zero-order valence-electron chi connectivity index (χ0n) is 19.1. The van der Waals surface area contributed by atoms with Crippen LogP contribution in [-0.2, 0) is 0 Å². The number of rotatable bonds is 12. The number of hydrogen-bond acceptors (Lipinski definition) is 4. The van der Waals surface area contributed by atoms with Crippen molar-refractivity contribution >= 4 is 38.9 Å². The van der Waals surface area contributed by atoms with Gasteiger partial charge in [0.15, 0.2) is 0 Å². The average molecular weight is 514 g/mol. The Hall–Kier alpha value is -1.56. The van der Waals surface area contributed by atoms with Crippen molar-refractivity contribution in [2.75, 3.05) is 12.4 Å². The molecule has 4 nitrogen and oxygen atoms in total. The summed E-state index contributed by atoms with van der Waals surface area (Å²) in [6, 6.07) is 10.9. The summed E-state index contributed by atoms with van der Waals surface area (Å²) in [6.45, 7) is 6.99. The first kappa shape index (κ1) is 23.1. The molecule has 2 aromatic heterocycles. The number of aromatic nitrogens is 2. The number of nitrogens with one attached hydrogen (secondary N) is 1. The summed E-state index contributed by atoms with van der Waals surface area (Å²) in [5.74, 6) is 1.51. The van der Waals surface area contributed by atoms with Crippen LogP contribution >= 0.6 is 0 Å². The van der Waals surface area contributed by atoms with Crippen molar-refractivity contribution in [3.8, 4) is 11.5 Å². The van der Waals surface area contributed by atoms with Gasteiger partial charge < -0.3 is 0 Å². The first-order valence-electron chi connectivity index (χ1n) is 11.7. The summed E-state index contributed by atoms with van der Waals surface area (Å²) in [6.07, 6.45) is 9.82. The minimum atomic E-state index is -2.45. The third kappa shape index (κ3) is 5.37. The molecule has 3 aromatic rings. The van der Waals surface area contributed by atoms with Gasteiger partial charge in [-0.25, -0.2) is 0 Å². The molecule has 3 rings (SSSR count). The minimum absolute atomic E-state index is 0.661. The fourth-order valence-corrected chi connectivity index (χ4v) is 20.3. The summed E-state index contributed by atoms with van der Waals surface area (Å²) in [5, 5.41) is 3.05. The first-order valence-corrected chi connectivity index (χ1v) is 19.2. The van der Waals surface area contributed by atoms with Gasteiger partial charge in [0, 0.05) is 0 Å². The van der Waals surface area contributed by atoms with Crippen LogP contribution in [0.4, 0.5) is 5.82 Å². The van der Waals surface area contributed by atoms with Crippen LogP contribution in [0.5, 0.6) is 0 Å². The SMILES string of the molecule is CCC[CH2][Sn]([CH2]CCC)([CH2]CCC)[c]1ccc2oc(-c3ccc(NC)nc3)nc2c1. The summed E-state index contributed by atoms with van der Waals surface area (Å²) < 4.78 is 12.1. The Labute approximate surface area is 185 Å². The molecular weight excluding hydrogens is 477 g/mol. The van der Waals surface area contributed by atoms with Crippen molar-refractivity contribution < 1.29 is 4.42 Å². The van der Waals surface area contributed by atoms with E-state index in [1.54, 1.807) is 3.58 Å². The molecule has 0 saturated carbocycles. The van der Waals surface area contributed by atoms with E-state index < -0.39 is 18.4 Å². The van der Waals surface area contributed by atoms with Gasteiger partial charge in [0.1, 0.15) is 0 Å². The number of fused-ring (bicyclic) bond motifs is 1. The van der Waals surface area contributed by atoms with Crippen LogP contribution < -0.4 is 8.90 Å². The zero-order chi connectivity index (χ0) is 21.4. The van der Waals surface area contributed by atoms with Crippen LogP contribution in [0.15, 0.2) is 40.9 Å². The van der Waals surface area contributed by atoms with E-state index in [1.807, 2.05) is 25.4 Å². The van der Waals surface area contributed by atoms with Gasteiger partial charge in [-0.3, -0.25) is 0 Å². The predicted octanol–water partition coefficient (Wildman–Crippen LogP) is 6.99. The molecule has 0 fully saturated rings. The molecule has 162 valence electrons. The third-order valence-corrected chi connectivity index (χ3v) is 21.9. The quantitative estimate of drug-likeness (QED) is 0.265. The maximum atomic E-state index is 6.09. The Morgan fingerprint density at radius 3 is 2.10 bits per heavy atom. The van der Waals surface area contributed by atoms with E-state index in [0.717, 1.165) is 22.5 Å². The molecule has 0 bridgehead atoms. The van der Waals surface area contributed by atoms with Gasteiger partial charge in [0.05, 0.1) is 0 Å². The van der Waals surface area contributed by atoms with Crippen molar-refractivity contribution in [3.05, 3.63) is 36.5 Å². The van der Waals surface area contributed by atoms with Gasteiger partial charge >= 0.3 is 186 Å². The fraction of sp³-hybridized carbons (Fsp3) is 0.520. The average Bonchev–Trinajstić information content (AvgIpc) is 3.22. The molecule has 0 atom stereocenters. The Balaban J connectivity index is 1.98. The van der Waals surface area contributed by atoms with E-state index >= 15 is 0 Å². The van der Waals surface area contributed by atoms with Crippen molar-refractivity contribution in [3.63, 3.8) is 0 Å². The van der Waals surface area contributed by atoms with Gasteiger partial charge in [-0.1, -0.05) is 0 Å². The fourth-order valence-electron chi connectivity index (χ4n) is 4.40. The van der Waals surface area contributed by atoms with Crippen molar-refractivity contribution in [1.82, 2.24) is 9.97 Å². The summed E-state index contributed by atoms with van der Waals surface area (Å²) >= 11 is -2.45. The molecule has 0 aliphatic heterocycles. The molecule has 30 heavy (non-hydrogen) atoms. The molecule has 0 amide bonds. The van der Waals surface area contributed by atoms with E-state index in [0.29, 0.717) is 5.89 Å². The molecule has 2 heterocycles. The number of unbranched alkanes of at least 4 members (excludes halogenated alkanes) is 3. The van der Waals surface area contributed by atoms with Crippen molar-refractivity contribution in [2.45, 2.75) is 72.6 Å². The van der Waals surface area contributed by atoms with E-state index in [1.165, 1.54) is 51.8 Å². The predicted molar refractivity (Wildman–Crippen MR) is 131 cm³/mol. The van der Waals surface area contributed by atoms with E-state index in [4.69, 9.17) is 9.40 Å². The second kappa shape index (κ2) is 11.2. The number of hydrogen-bond donors (Lipinski definition) is 1. The monoisotopic (exact) mass is 515 g/mol. The molecule has 0 unspecified atom stereocenters. The Bertz CT molecular complexity index is 898. The molecule has 0 aliphatic rings. The maximum absolute atomic E-state index is 6.09. The Morgan fingerprint density at radius 2 is 1.57 bits per heavy atom. The van der Waals surface area contributed by atoms with Gasteiger partial charge in [-0.2, -0.15) is 0 Å². The molecule has 0 spiro atoms. The Morgan fingerprint density at radius 1 is 0.900 bits per heavy atom. The van der Waals surface area contributed by atoms with Gasteiger partial charge in [0.2, 0.25) is 0 Å². The number of pyridine rings is 1. The zero-order valence-corrected chi connectivity index (χ0v) is 22.0. The summed E-state index contributed by atoms with van der Waals surface area (Å²) in [5.41, 5.74) is 2.81. The van der Waals surface area contributed by atoms with Crippen LogP contribution in [0.3, 0.4) is 0 Å². The van der Waals surface area contributed by atoms with Gasteiger partial charge in [0.25, 0.3) is 0 Å². The molecular formula is C25H37N3OSn. The molecule has 5 heteroatoms. The number of benzene rings is 1. The molecule has 1 N–H and O–H groups in total. The second-order valence-corrected chi connectivity index (χ2v) is 21.7. The molecule has 1 aromatic carbocycles. The Kier molecular flexibility index (Phi) is 8.60. The molecule has 0 aliphatic carbocycles. The van der Waals surface area contributed by atoms with Gasteiger partial charge in [-0.15, -0.1) is 0 Å². The first-order chi connectivity index (χ1) is 14.7. The van der Waals surface area contributed by atoms with E-state index in [2.05, 4.69) is 49.3 Å². The standard InChI is InChI=1S/C13H10N3O.3C4H9.Sn/c1-14-12-7-6-9(8-15-12)13-16-10-4-2-3-5-11(10)17-13;3*1-3-4-2;/h3-8H,1H3,(H,14,15);3*1,3-4H2,2H3;.